The zero-order valence-electron chi connectivity index (χ0n) is 14.0. The Morgan fingerprint density at radius 1 is 1.24 bits per heavy atom. The first-order valence-electron chi connectivity index (χ1n) is 7.33. The quantitative estimate of drug-likeness (QED) is 0.821. The van der Waals surface area contributed by atoms with Crippen LogP contribution in [0.15, 0.2) is 23.1 Å². The van der Waals surface area contributed by atoms with Crippen LogP contribution in [0.3, 0.4) is 0 Å². The van der Waals surface area contributed by atoms with E-state index in [-0.39, 0.29) is 5.41 Å². The maximum Gasteiger partial charge on any atom is 0.243 e. The van der Waals surface area contributed by atoms with Gasteiger partial charge in [-0.3, -0.25) is 0 Å². The molecule has 0 aliphatic heterocycles. The van der Waals surface area contributed by atoms with Gasteiger partial charge in [0.2, 0.25) is 10.0 Å². The molecule has 120 valence electrons. The van der Waals surface area contributed by atoms with Gasteiger partial charge in [0.15, 0.2) is 0 Å². The summed E-state index contributed by atoms with van der Waals surface area (Å²) in [6.45, 7) is 9.43. The molecule has 0 fully saturated rings. The van der Waals surface area contributed by atoms with Crippen LogP contribution in [-0.2, 0) is 15.4 Å². The van der Waals surface area contributed by atoms with Crippen LogP contribution in [0.25, 0.3) is 0 Å². The first-order valence-corrected chi connectivity index (χ1v) is 8.77. The summed E-state index contributed by atoms with van der Waals surface area (Å²) >= 11 is 0. The first-order chi connectivity index (χ1) is 9.60. The van der Waals surface area contributed by atoms with Crippen molar-refractivity contribution < 1.29 is 8.42 Å². The lowest BCUT2D eigenvalue weighted by atomic mass is 9.87. The highest BCUT2D eigenvalue weighted by molar-refractivity contribution is 7.89. The molecule has 1 rings (SSSR count). The summed E-state index contributed by atoms with van der Waals surface area (Å²) in [7, 11) is 0.0862. The molecule has 0 saturated carbocycles. The van der Waals surface area contributed by atoms with Gasteiger partial charge in [0.05, 0.1) is 4.90 Å². The number of aryl methyl sites for hydroxylation is 1. The molecule has 0 heterocycles. The van der Waals surface area contributed by atoms with Crippen LogP contribution in [-0.4, -0.2) is 39.9 Å². The molecule has 0 spiro atoms. The first kappa shape index (κ1) is 18.1. The Balaban J connectivity index is 3.13. The molecule has 0 aliphatic carbocycles. The molecular weight excluding hydrogens is 284 g/mol. The highest BCUT2D eigenvalue weighted by Gasteiger charge is 2.24. The standard InChI is InChI=1S/C16H28N2O2S/c1-13-8-9-14(16(2,3)4)12-15(13)21(19,20)18(6)11-7-10-17-5/h8-9,12,17H,7,10-11H2,1-6H3. The van der Waals surface area contributed by atoms with E-state index >= 15 is 0 Å². The average Bonchev–Trinajstić information content (AvgIpc) is 2.37. The Labute approximate surface area is 129 Å². The van der Waals surface area contributed by atoms with Crippen molar-refractivity contribution in [2.75, 3.05) is 27.2 Å². The van der Waals surface area contributed by atoms with Crippen molar-refractivity contribution in [1.82, 2.24) is 9.62 Å². The molecule has 21 heavy (non-hydrogen) atoms. The second kappa shape index (κ2) is 6.90. The normalized spacial score (nSPS) is 12.9. The Morgan fingerprint density at radius 2 is 1.86 bits per heavy atom. The minimum absolute atomic E-state index is 0.0668. The highest BCUT2D eigenvalue weighted by Crippen LogP contribution is 2.27. The molecule has 0 atom stereocenters. The van der Waals surface area contributed by atoms with Crippen LogP contribution < -0.4 is 5.32 Å². The third kappa shape index (κ3) is 4.53. The van der Waals surface area contributed by atoms with E-state index in [9.17, 15) is 8.42 Å². The van der Waals surface area contributed by atoms with Gasteiger partial charge >= 0.3 is 0 Å². The fourth-order valence-corrected chi connectivity index (χ4v) is 3.57. The molecule has 4 nitrogen and oxygen atoms in total. The number of nitrogens with zero attached hydrogens (tertiary/aromatic N) is 1. The van der Waals surface area contributed by atoms with Gasteiger partial charge in [-0.15, -0.1) is 0 Å². The molecular formula is C16H28N2O2S. The smallest absolute Gasteiger partial charge is 0.243 e. The van der Waals surface area contributed by atoms with E-state index in [1.54, 1.807) is 7.05 Å². The van der Waals surface area contributed by atoms with Crippen molar-refractivity contribution in [3.8, 4) is 0 Å². The fourth-order valence-electron chi connectivity index (χ4n) is 2.11. The third-order valence-electron chi connectivity index (χ3n) is 3.64. The summed E-state index contributed by atoms with van der Waals surface area (Å²) < 4.78 is 26.9. The van der Waals surface area contributed by atoms with Crippen molar-refractivity contribution in [3.05, 3.63) is 29.3 Å². The number of nitrogens with one attached hydrogen (secondary N) is 1. The monoisotopic (exact) mass is 312 g/mol. The number of hydrogen-bond donors (Lipinski definition) is 1. The lowest BCUT2D eigenvalue weighted by Gasteiger charge is -2.23. The topological polar surface area (TPSA) is 49.4 Å². The van der Waals surface area contributed by atoms with Crippen LogP contribution in [0.5, 0.6) is 0 Å². The molecule has 0 amide bonds. The summed E-state index contributed by atoms with van der Waals surface area (Å²) in [5, 5.41) is 3.03. The summed E-state index contributed by atoms with van der Waals surface area (Å²) in [6.07, 6.45) is 0.796. The summed E-state index contributed by atoms with van der Waals surface area (Å²) in [5.41, 5.74) is 1.77. The van der Waals surface area contributed by atoms with E-state index in [1.165, 1.54) is 4.31 Å². The number of hydrogen-bond acceptors (Lipinski definition) is 3. The Hall–Kier alpha value is -0.910. The maximum absolute atomic E-state index is 12.7. The van der Waals surface area contributed by atoms with E-state index < -0.39 is 10.0 Å². The van der Waals surface area contributed by atoms with Crippen molar-refractivity contribution in [2.24, 2.45) is 0 Å². The highest BCUT2D eigenvalue weighted by atomic mass is 32.2. The molecule has 1 aromatic carbocycles. The predicted molar refractivity (Wildman–Crippen MR) is 88.2 cm³/mol. The van der Waals surface area contributed by atoms with Gasteiger partial charge in [0.25, 0.3) is 0 Å². The molecule has 0 bridgehead atoms. The second-order valence-electron chi connectivity index (χ2n) is 6.51. The zero-order chi connectivity index (χ0) is 16.3. The predicted octanol–water partition coefficient (Wildman–Crippen LogP) is 2.52. The van der Waals surface area contributed by atoms with Gasteiger partial charge in [-0.05, 0) is 49.5 Å². The van der Waals surface area contributed by atoms with Gasteiger partial charge in [-0.2, -0.15) is 0 Å². The molecule has 0 unspecified atom stereocenters. The van der Waals surface area contributed by atoms with Gasteiger partial charge in [-0.25, -0.2) is 12.7 Å². The van der Waals surface area contributed by atoms with Crippen LogP contribution in [0.2, 0.25) is 0 Å². The molecule has 0 radical (unpaired) electrons. The molecule has 0 aromatic heterocycles. The summed E-state index contributed by atoms with van der Waals surface area (Å²) in [4.78, 5) is 0.418. The summed E-state index contributed by atoms with van der Waals surface area (Å²) in [5.74, 6) is 0. The van der Waals surface area contributed by atoms with Crippen molar-refractivity contribution in [3.63, 3.8) is 0 Å². The van der Waals surface area contributed by atoms with E-state index in [2.05, 4.69) is 26.1 Å². The largest absolute Gasteiger partial charge is 0.320 e. The Kier molecular flexibility index (Phi) is 5.96. The third-order valence-corrected chi connectivity index (χ3v) is 5.64. The lowest BCUT2D eigenvalue weighted by molar-refractivity contribution is 0.457. The van der Waals surface area contributed by atoms with E-state index in [0.29, 0.717) is 11.4 Å². The molecule has 1 aromatic rings. The average molecular weight is 312 g/mol. The van der Waals surface area contributed by atoms with E-state index in [1.807, 2.05) is 32.2 Å². The summed E-state index contributed by atoms with van der Waals surface area (Å²) in [6, 6.07) is 5.73. The number of benzene rings is 1. The molecule has 0 aliphatic rings. The van der Waals surface area contributed by atoms with Gasteiger partial charge in [0, 0.05) is 13.6 Å². The van der Waals surface area contributed by atoms with Gasteiger partial charge in [0.1, 0.15) is 0 Å². The lowest BCUT2D eigenvalue weighted by Crippen LogP contribution is -2.30. The fraction of sp³-hybridized carbons (Fsp3) is 0.625. The van der Waals surface area contributed by atoms with Crippen LogP contribution in [0.1, 0.15) is 38.3 Å². The van der Waals surface area contributed by atoms with E-state index in [4.69, 9.17) is 0 Å². The SMILES string of the molecule is CNCCCN(C)S(=O)(=O)c1cc(C(C)(C)C)ccc1C. The Bertz CT molecular complexity index is 574. The van der Waals surface area contributed by atoms with E-state index in [0.717, 1.165) is 24.1 Å². The van der Waals surface area contributed by atoms with Crippen molar-refractivity contribution in [2.45, 2.75) is 44.4 Å². The van der Waals surface area contributed by atoms with Crippen LogP contribution in [0, 0.1) is 6.92 Å². The second-order valence-corrected chi connectivity index (χ2v) is 8.53. The zero-order valence-corrected chi connectivity index (χ0v) is 14.8. The number of sulfonamides is 1. The van der Waals surface area contributed by atoms with Crippen LogP contribution >= 0.6 is 0 Å². The number of rotatable bonds is 6. The minimum atomic E-state index is -3.43. The van der Waals surface area contributed by atoms with Crippen molar-refractivity contribution >= 4 is 10.0 Å². The molecule has 1 N–H and O–H groups in total. The molecule has 5 heteroatoms. The van der Waals surface area contributed by atoms with Gasteiger partial charge < -0.3 is 5.32 Å². The maximum atomic E-state index is 12.7. The van der Waals surface area contributed by atoms with Crippen molar-refractivity contribution in [1.29, 1.82) is 0 Å². The Morgan fingerprint density at radius 3 is 2.38 bits per heavy atom. The molecule has 0 saturated heterocycles. The van der Waals surface area contributed by atoms with Gasteiger partial charge in [-0.1, -0.05) is 32.9 Å². The minimum Gasteiger partial charge on any atom is -0.320 e. The van der Waals surface area contributed by atoms with Crippen LogP contribution in [0.4, 0.5) is 0 Å².